The summed E-state index contributed by atoms with van der Waals surface area (Å²) in [7, 11) is 0. The first-order chi connectivity index (χ1) is 14.1. The Kier molecular flexibility index (Phi) is 5.80. The number of aromatic nitrogens is 2. The monoisotopic (exact) mass is 414 g/mol. The Morgan fingerprint density at radius 3 is 2.93 bits per heavy atom. The van der Waals surface area contributed by atoms with Crippen molar-refractivity contribution in [1.82, 2.24) is 19.8 Å². The van der Waals surface area contributed by atoms with Crippen LogP contribution in [-0.4, -0.2) is 44.7 Å². The lowest BCUT2D eigenvalue weighted by atomic mass is 9.99. The van der Waals surface area contributed by atoms with E-state index in [1.54, 1.807) is 11.0 Å². The van der Waals surface area contributed by atoms with E-state index in [2.05, 4.69) is 4.98 Å². The second-order valence-corrected chi connectivity index (χ2v) is 8.63. The summed E-state index contributed by atoms with van der Waals surface area (Å²) in [6.07, 6.45) is 4.71. The van der Waals surface area contributed by atoms with Gasteiger partial charge in [-0.2, -0.15) is 0 Å². The maximum absolute atomic E-state index is 12.8. The number of likely N-dealkylation sites (tertiary alicyclic amines) is 1. The van der Waals surface area contributed by atoms with Crippen molar-refractivity contribution in [3.05, 3.63) is 49.8 Å². The molecule has 0 bridgehead atoms. The number of hydrogen-bond donors (Lipinski definition) is 1. The Morgan fingerprint density at radius 2 is 2.17 bits per heavy atom. The molecule has 0 spiro atoms. The fourth-order valence-electron chi connectivity index (χ4n) is 4.20. The summed E-state index contributed by atoms with van der Waals surface area (Å²) in [5.74, 6) is 0.680. The van der Waals surface area contributed by atoms with Gasteiger partial charge in [-0.15, -0.1) is 11.3 Å². The van der Waals surface area contributed by atoms with Crippen molar-refractivity contribution >= 4 is 23.2 Å². The number of thiophene rings is 1. The smallest absolute Gasteiger partial charge is 0.264 e. The average Bonchev–Trinajstić information content (AvgIpc) is 3.28. The number of fused-ring (bicyclic) bond motifs is 1. The first kappa shape index (κ1) is 19.8. The highest BCUT2D eigenvalue weighted by Crippen LogP contribution is 2.30. The van der Waals surface area contributed by atoms with E-state index in [-0.39, 0.29) is 30.0 Å². The van der Waals surface area contributed by atoms with Crippen molar-refractivity contribution < 1.29 is 9.59 Å². The molecule has 4 heterocycles. The molecule has 2 aliphatic heterocycles. The minimum absolute atomic E-state index is 0.0438. The van der Waals surface area contributed by atoms with Crippen LogP contribution in [0.4, 0.5) is 0 Å². The van der Waals surface area contributed by atoms with Crippen LogP contribution in [-0.2, 0) is 17.8 Å². The number of nitrogens with one attached hydrogen (secondary N) is 1. The first-order valence-electron chi connectivity index (χ1n) is 10.3. The molecular formula is C21H26N4O3S. The Labute approximate surface area is 173 Å². The summed E-state index contributed by atoms with van der Waals surface area (Å²) in [4.78, 5) is 50.0. The lowest BCUT2D eigenvalue weighted by molar-refractivity contribution is -0.135. The number of amides is 2. The quantitative estimate of drug-likeness (QED) is 0.833. The Morgan fingerprint density at radius 1 is 1.31 bits per heavy atom. The molecule has 4 rings (SSSR count). The molecule has 1 atom stereocenters. The molecule has 2 aromatic heterocycles. The van der Waals surface area contributed by atoms with Crippen molar-refractivity contribution in [3.63, 3.8) is 0 Å². The fourth-order valence-corrected chi connectivity index (χ4v) is 4.89. The van der Waals surface area contributed by atoms with Crippen LogP contribution in [0.1, 0.15) is 71.8 Å². The number of carbonyl (C=O) groups is 2. The molecule has 8 heteroatoms. The molecule has 0 unspecified atom stereocenters. The molecule has 2 aromatic rings. The van der Waals surface area contributed by atoms with E-state index in [0.29, 0.717) is 42.2 Å². The number of rotatable bonds is 4. The van der Waals surface area contributed by atoms with Crippen molar-refractivity contribution in [2.24, 2.45) is 0 Å². The van der Waals surface area contributed by atoms with Gasteiger partial charge in [0.05, 0.1) is 28.7 Å². The number of piperidine rings is 1. The third-order valence-electron chi connectivity index (χ3n) is 5.71. The van der Waals surface area contributed by atoms with E-state index in [4.69, 9.17) is 4.98 Å². The van der Waals surface area contributed by atoms with Crippen molar-refractivity contribution in [2.75, 3.05) is 13.1 Å². The molecule has 1 saturated heterocycles. The Balaban J connectivity index is 1.58. The maximum Gasteiger partial charge on any atom is 0.264 e. The molecule has 2 amide bonds. The van der Waals surface area contributed by atoms with E-state index in [1.165, 1.54) is 11.3 Å². The zero-order chi connectivity index (χ0) is 20.4. The van der Waals surface area contributed by atoms with Gasteiger partial charge in [-0.05, 0) is 37.1 Å². The molecular weight excluding hydrogens is 388 g/mol. The third kappa shape index (κ3) is 3.99. The molecule has 1 N–H and O–H groups in total. The molecule has 7 nitrogen and oxygen atoms in total. The van der Waals surface area contributed by atoms with Crippen molar-refractivity contribution in [1.29, 1.82) is 0 Å². The summed E-state index contributed by atoms with van der Waals surface area (Å²) in [5, 5.41) is 1.88. The third-order valence-corrected chi connectivity index (χ3v) is 6.57. The average molecular weight is 415 g/mol. The van der Waals surface area contributed by atoms with E-state index >= 15 is 0 Å². The maximum atomic E-state index is 12.8. The van der Waals surface area contributed by atoms with Crippen molar-refractivity contribution in [3.8, 4) is 0 Å². The van der Waals surface area contributed by atoms with Crippen LogP contribution in [0.5, 0.6) is 0 Å². The predicted octanol–water partition coefficient (Wildman–Crippen LogP) is 2.88. The standard InChI is InChI=1S/C21H26N4O3S/c1-2-6-18(26)25-10-4-3-7-16(25)19-22-15-9-11-24(13-14(15)20(27)23-19)21(28)17-8-5-12-29-17/h5,8,12,16H,2-4,6-7,9-11,13H2,1H3,(H,22,23,27)/t16-/m1/s1. The molecule has 29 heavy (non-hydrogen) atoms. The summed E-state index contributed by atoms with van der Waals surface area (Å²) < 4.78 is 0. The van der Waals surface area contributed by atoms with E-state index < -0.39 is 0 Å². The number of nitrogens with zero attached hydrogens (tertiary/aromatic N) is 3. The SMILES string of the molecule is CCCC(=O)N1CCCC[C@@H]1c1nc2c(c(=O)[nH]1)CN(C(=O)c1cccs1)CC2. The van der Waals surface area contributed by atoms with Crippen LogP contribution < -0.4 is 5.56 Å². The van der Waals surface area contributed by atoms with E-state index in [1.807, 2.05) is 23.3 Å². The fraction of sp³-hybridized carbons (Fsp3) is 0.524. The second kappa shape index (κ2) is 8.49. The largest absolute Gasteiger partial charge is 0.333 e. The zero-order valence-corrected chi connectivity index (χ0v) is 17.5. The van der Waals surface area contributed by atoms with Crippen LogP contribution in [0.2, 0.25) is 0 Å². The van der Waals surface area contributed by atoms with Gasteiger partial charge in [0.15, 0.2) is 0 Å². The van der Waals surface area contributed by atoms with E-state index in [9.17, 15) is 14.4 Å². The molecule has 0 aromatic carbocycles. The lowest BCUT2D eigenvalue weighted by Gasteiger charge is -2.36. The Bertz CT molecular complexity index is 953. The van der Waals surface area contributed by atoms with Crippen LogP contribution in [0.15, 0.2) is 22.3 Å². The van der Waals surface area contributed by atoms with Gasteiger partial charge < -0.3 is 14.8 Å². The summed E-state index contributed by atoms with van der Waals surface area (Å²) >= 11 is 1.41. The molecule has 154 valence electrons. The lowest BCUT2D eigenvalue weighted by Crippen LogP contribution is -2.42. The van der Waals surface area contributed by atoms with Gasteiger partial charge >= 0.3 is 0 Å². The van der Waals surface area contributed by atoms with Crippen LogP contribution in [0, 0.1) is 0 Å². The Hall–Kier alpha value is -2.48. The highest BCUT2D eigenvalue weighted by atomic mass is 32.1. The first-order valence-corrected chi connectivity index (χ1v) is 11.2. The molecule has 0 aliphatic carbocycles. The summed E-state index contributed by atoms with van der Waals surface area (Å²) in [6.45, 7) is 3.53. The van der Waals surface area contributed by atoms with Crippen LogP contribution >= 0.6 is 11.3 Å². The minimum Gasteiger partial charge on any atom is -0.333 e. The van der Waals surface area contributed by atoms with E-state index in [0.717, 1.165) is 31.4 Å². The van der Waals surface area contributed by atoms with Gasteiger partial charge in [-0.1, -0.05) is 13.0 Å². The summed E-state index contributed by atoms with van der Waals surface area (Å²) in [5.41, 5.74) is 1.13. The second-order valence-electron chi connectivity index (χ2n) is 7.68. The van der Waals surface area contributed by atoms with Gasteiger partial charge in [0.1, 0.15) is 5.82 Å². The van der Waals surface area contributed by atoms with Crippen molar-refractivity contribution in [2.45, 2.75) is 58.0 Å². The zero-order valence-electron chi connectivity index (χ0n) is 16.6. The number of H-pyrrole nitrogens is 1. The van der Waals surface area contributed by atoms with Crippen LogP contribution in [0.25, 0.3) is 0 Å². The van der Waals surface area contributed by atoms with Gasteiger partial charge in [-0.25, -0.2) is 4.98 Å². The topological polar surface area (TPSA) is 86.4 Å². The van der Waals surface area contributed by atoms with Gasteiger partial charge in [0, 0.05) is 25.9 Å². The number of aromatic amines is 1. The molecule has 0 saturated carbocycles. The number of hydrogen-bond acceptors (Lipinski definition) is 5. The van der Waals surface area contributed by atoms with Crippen LogP contribution in [0.3, 0.4) is 0 Å². The number of carbonyl (C=O) groups excluding carboxylic acids is 2. The van der Waals surface area contributed by atoms with Gasteiger partial charge in [0.2, 0.25) is 5.91 Å². The van der Waals surface area contributed by atoms with Gasteiger partial charge in [0.25, 0.3) is 11.5 Å². The molecule has 1 fully saturated rings. The highest BCUT2D eigenvalue weighted by molar-refractivity contribution is 7.12. The molecule has 0 radical (unpaired) electrons. The summed E-state index contributed by atoms with van der Waals surface area (Å²) in [6, 6.07) is 3.50. The highest BCUT2D eigenvalue weighted by Gasteiger charge is 2.31. The molecule has 2 aliphatic rings. The van der Waals surface area contributed by atoms with Gasteiger partial charge in [-0.3, -0.25) is 14.4 Å². The minimum atomic E-state index is -0.192. The predicted molar refractivity (Wildman–Crippen MR) is 111 cm³/mol. The normalized spacial score (nSPS) is 19.1.